The van der Waals surface area contributed by atoms with Gasteiger partial charge in [0.05, 0.1) is 6.61 Å². The summed E-state index contributed by atoms with van der Waals surface area (Å²) in [7, 11) is 0. The minimum Gasteiger partial charge on any atom is -0.490 e. The number of rotatable bonds is 6. The fraction of sp³-hybridized carbons (Fsp3) is 0.286. The van der Waals surface area contributed by atoms with Crippen molar-refractivity contribution >= 4 is 5.82 Å². The Bertz CT molecular complexity index is 473. The van der Waals surface area contributed by atoms with Gasteiger partial charge in [-0.05, 0) is 37.1 Å². The van der Waals surface area contributed by atoms with Crippen molar-refractivity contribution in [1.82, 2.24) is 9.97 Å². The van der Waals surface area contributed by atoms with E-state index in [4.69, 9.17) is 4.74 Å². The van der Waals surface area contributed by atoms with E-state index in [1.165, 1.54) is 5.56 Å². The fourth-order valence-corrected chi connectivity index (χ4v) is 1.67. The average Bonchev–Trinajstić information content (AvgIpc) is 2.42. The van der Waals surface area contributed by atoms with E-state index in [9.17, 15) is 0 Å². The number of nitrogens with zero attached hydrogens (tertiary/aromatic N) is 2. The molecular formula is C14H17N3O. The minimum absolute atomic E-state index is 0.642. The van der Waals surface area contributed by atoms with Gasteiger partial charge in [0.2, 0.25) is 0 Å². The molecular weight excluding hydrogens is 226 g/mol. The van der Waals surface area contributed by atoms with Crippen LogP contribution in [0.3, 0.4) is 0 Å². The largest absolute Gasteiger partial charge is 0.490 e. The summed E-state index contributed by atoms with van der Waals surface area (Å²) < 4.78 is 5.50. The van der Waals surface area contributed by atoms with E-state index in [1.807, 2.05) is 31.3 Å². The number of nitrogens with one attached hydrogen (secondary N) is 1. The molecule has 0 aromatic carbocycles. The van der Waals surface area contributed by atoms with Crippen molar-refractivity contribution in [2.24, 2.45) is 0 Å². The van der Waals surface area contributed by atoms with Crippen LogP contribution in [0.2, 0.25) is 0 Å². The molecule has 0 unspecified atom stereocenters. The lowest BCUT2D eigenvalue weighted by atomic mass is 10.2. The SMILES string of the molecule is CCOc1cccnc1NCCc1cccnc1. The summed E-state index contributed by atoms with van der Waals surface area (Å²) in [5, 5.41) is 3.28. The first kappa shape index (κ1) is 12.4. The highest BCUT2D eigenvalue weighted by molar-refractivity contribution is 5.49. The average molecular weight is 243 g/mol. The predicted molar refractivity (Wildman–Crippen MR) is 71.8 cm³/mol. The molecule has 0 bridgehead atoms. The topological polar surface area (TPSA) is 47.0 Å². The first-order valence-electron chi connectivity index (χ1n) is 6.10. The van der Waals surface area contributed by atoms with Gasteiger partial charge in [-0.1, -0.05) is 6.07 Å². The van der Waals surface area contributed by atoms with Gasteiger partial charge >= 0.3 is 0 Å². The molecule has 0 saturated carbocycles. The summed E-state index contributed by atoms with van der Waals surface area (Å²) in [6.07, 6.45) is 6.33. The van der Waals surface area contributed by atoms with Crippen molar-refractivity contribution in [3.63, 3.8) is 0 Å². The highest BCUT2D eigenvalue weighted by Gasteiger charge is 2.02. The Balaban J connectivity index is 1.90. The van der Waals surface area contributed by atoms with E-state index in [2.05, 4.69) is 21.4 Å². The summed E-state index contributed by atoms with van der Waals surface area (Å²) >= 11 is 0. The summed E-state index contributed by atoms with van der Waals surface area (Å²) in [5.41, 5.74) is 1.21. The van der Waals surface area contributed by atoms with Gasteiger partial charge in [0.1, 0.15) is 0 Å². The molecule has 1 N–H and O–H groups in total. The Hall–Kier alpha value is -2.10. The van der Waals surface area contributed by atoms with Crippen LogP contribution in [0, 0.1) is 0 Å². The Morgan fingerprint density at radius 2 is 2.11 bits per heavy atom. The van der Waals surface area contributed by atoms with Gasteiger partial charge in [-0.2, -0.15) is 0 Å². The van der Waals surface area contributed by atoms with Gasteiger partial charge in [0, 0.05) is 25.1 Å². The van der Waals surface area contributed by atoms with E-state index >= 15 is 0 Å². The van der Waals surface area contributed by atoms with Crippen LogP contribution < -0.4 is 10.1 Å². The van der Waals surface area contributed by atoms with Crippen LogP contribution in [0.4, 0.5) is 5.82 Å². The smallest absolute Gasteiger partial charge is 0.168 e. The summed E-state index contributed by atoms with van der Waals surface area (Å²) in [5.74, 6) is 1.59. The molecule has 0 atom stereocenters. The zero-order valence-corrected chi connectivity index (χ0v) is 10.5. The van der Waals surface area contributed by atoms with Gasteiger partial charge < -0.3 is 10.1 Å². The van der Waals surface area contributed by atoms with Crippen molar-refractivity contribution < 1.29 is 4.74 Å². The van der Waals surface area contributed by atoms with Gasteiger partial charge in [-0.3, -0.25) is 4.98 Å². The number of anilines is 1. The second-order valence-electron chi connectivity index (χ2n) is 3.82. The molecule has 0 fully saturated rings. The summed E-state index contributed by atoms with van der Waals surface area (Å²) in [6, 6.07) is 7.80. The van der Waals surface area contributed by atoms with Crippen molar-refractivity contribution in [3.05, 3.63) is 48.4 Å². The van der Waals surface area contributed by atoms with E-state index < -0.39 is 0 Å². The van der Waals surface area contributed by atoms with Crippen molar-refractivity contribution in [3.8, 4) is 5.75 Å². The number of hydrogen-bond donors (Lipinski definition) is 1. The molecule has 2 aromatic heterocycles. The van der Waals surface area contributed by atoms with Crippen molar-refractivity contribution in [2.45, 2.75) is 13.3 Å². The Morgan fingerprint density at radius 1 is 1.22 bits per heavy atom. The monoisotopic (exact) mass is 243 g/mol. The van der Waals surface area contributed by atoms with Crippen molar-refractivity contribution in [2.75, 3.05) is 18.5 Å². The van der Waals surface area contributed by atoms with E-state index in [-0.39, 0.29) is 0 Å². The minimum atomic E-state index is 0.642. The number of pyridine rings is 2. The molecule has 0 radical (unpaired) electrons. The first-order valence-corrected chi connectivity index (χ1v) is 6.10. The summed E-state index contributed by atoms with van der Waals surface area (Å²) in [4.78, 5) is 8.37. The molecule has 2 aromatic rings. The van der Waals surface area contributed by atoms with Gasteiger partial charge in [-0.25, -0.2) is 4.98 Å². The maximum atomic E-state index is 5.50. The number of hydrogen-bond acceptors (Lipinski definition) is 4. The predicted octanol–water partition coefficient (Wildman–Crippen LogP) is 2.53. The zero-order valence-electron chi connectivity index (χ0n) is 10.5. The second kappa shape index (κ2) is 6.59. The molecule has 18 heavy (non-hydrogen) atoms. The molecule has 4 nitrogen and oxygen atoms in total. The van der Waals surface area contributed by atoms with Crippen LogP contribution in [-0.2, 0) is 6.42 Å². The van der Waals surface area contributed by atoms with Gasteiger partial charge in [-0.15, -0.1) is 0 Å². The number of aromatic nitrogens is 2. The third-order valence-electron chi connectivity index (χ3n) is 2.50. The number of ether oxygens (including phenoxy) is 1. The van der Waals surface area contributed by atoms with E-state index in [1.54, 1.807) is 12.4 Å². The highest BCUT2D eigenvalue weighted by Crippen LogP contribution is 2.20. The third-order valence-corrected chi connectivity index (χ3v) is 2.50. The maximum Gasteiger partial charge on any atom is 0.168 e. The highest BCUT2D eigenvalue weighted by atomic mass is 16.5. The molecule has 0 spiro atoms. The Labute approximate surface area is 107 Å². The standard InChI is InChI=1S/C14H17N3O/c1-2-18-13-6-4-9-16-14(13)17-10-7-12-5-3-8-15-11-12/h3-6,8-9,11H,2,7,10H2,1H3,(H,16,17). The van der Waals surface area contributed by atoms with Crippen LogP contribution in [0.15, 0.2) is 42.9 Å². The lowest BCUT2D eigenvalue weighted by molar-refractivity contribution is 0.340. The van der Waals surface area contributed by atoms with Gasteiger partial charge in [0.15, 0.2) is 11.6 Å². The molecule has 2 heterocycles. The maximum absolute atomic E-state index is 5.50. The zero-order chi connectivity index (χ0) is 12.6. The summed E-state index contributed by atoms with van der Waals surface area (Å²) in [6.45, 7) is 3.41. The third kappa shape index (κ3) is 3.45. The van der Waals surface area contributed by atoms with Crippen molar-refractivity contribution in [1.29, 1.82) is 0 Å². The molecule has 0 amide bonds. The quantitative estimate of drug-likeness (QED) is 0.847. The van der Waals surface area contributed by atoms with Crippen LogP contribution in [-0.4, -0.2) is 23.1 Å². The Kier molecular flexibility index (Phi) is 4.53. The lowest BCUT2D eigenvalue weighted by Gasteiger charge is -2.10. The lowest BCUT2D eigenvalue weighted by Crippen LogP contribution is -2.08. The van der Waals surface area contributed by atoms with Crippen LogP contribution >= 0.6 is 0 Å². The fourth-order valence-electron chi connectivity index (χ4n) is 1.67. The van der Waals surface area contributed by atoms with Crippen LogP contribution in [0.5, 0.6) is 5.75 Å². The molecule has 4 heteroatoms. The molecule has 94 valence electrons. The van der Waals surface area contributed by atoms with E-state index in [0.29, 0.717) is 6.61 Å². The normalized spacial score (nSPS) is 10.1. The first-order chi connectivity index (χ1) is 8.90. The Morgan fingerprint density at radius 3 is 2.89 bits per heavy atom. The second-order valence-corrected chi connectivity index (χ2v) is 3.82. The molecule has 0 aliphatic heterocycles. The van der Waals surface area contributed by atoms with Crippen LogP contribution in [0.1, 0.15) is 12.5 Å². The van der Waals surface area contributed by atoms with Crippen LogP contribution in [0.25, 0.3) is 0 Å². The van der Waals surface area contributed by atoms with E-state index in [0.717, 1.165) is 24.5 Å². The molecule has 0 aliphatic rings. The molecule has 0 saturated heterocycles. The molecule has 0 aliphatic carbocycles. The van der Waals surface area contributed by atoms with Gasteiger partial charge in [0.25, 0.3) is 0 Å². The molecule has 2 rings (SSSR count).